The molecular weight excluding hydrogens is 408 g/mol. The van der Waals surface area contributed by atoms with E-state index in [0.29, 0.717) is 6.54 Å². The maximum Gasteiger partial charge on any atom is 0.118 e. The quantitative estimate of drug-likeness (QED) is 0.609. The van der Waals surface area contributed by atoms with Crippen molar-refractivity contribution in [1.82, 2.24) is 4.90 Å². The first-order chi connectivity index (χ1) is 16.2. The molecular formula is C28H30N4O. The molecule has 0 aromatic heterocycles. The smallest absolute Gasteiger partial charge is 0.118 e. The average Bonchev–Trinajstić information content (AvgIpc) is 2.88. The van der Waals surface area contributed by atoms with Gasteiger partial charge in [0.15, 0.2) is 0 Å². The number of hydrogen-bond acceptors (Lipinski definition) is 5. The number of benzene rings is 3. The summed E-state index contributed by atoms with van der Waals surface area (Å²) in [7, 11) is 3.88. The minimum absolute atomic E-state index is 0.672. The van der Waals surface area contributed by atoms with Crippen molar-refractivity contribution in [3.05, 3.63) is 84.1 Å². The number of aliphatic imine (C=N–C) groups is 1. The van der Waals surface area contributed by atoms with Crippen molar-refractivity contribution < 1.29 is 4.74 Å². The predicted octanol–water partition coefficient (Wildman–Crippen LogP) is 5.00. The van der Waals surface area contributed by atoms with Crippen molar-refractivity contribution in [2.45, 2.75) is 0 Å². The summed E-state index contributed by atoms with van der Waals surface area (Å²) >= 11 is 0. The second-order valence-electron chi connectivity index (χ2n) is 8.65. The Morgan fingerprint density at radius 1 is 0.879 bits per heavy atom. The van der Waals surface area contributed by atoms with Gasteiger partial charge in [0.25, 0.3) is 0 Å². The zero-order valence-corrected chi connectivity index (χ0v) is 19.3. The lowest BCUT2D eigenvalue weighted by atomic mass is 9.93. The second kappa shape index (κ2) is 9.51. The van der Waals surface area contributed by atoms with Crippen LogP contribution in [-0.4, -0.2) is 58.0 Å². The van der Waals surface area contributed by atoms with Gasteiger partial charge in [-0.25, -0.2) is 0 Å². The summed E-state index contributed by atoms with van der Waals surface area (Å²) in [4.78, 5) is 9.39. The third kappa shape index (κ3) is 4.78. The SMILES string of the molecule is COc1ccc(-c2ccc3c(c2)/C(=C/Nc2ccc(N4CCN(C)CC4)cc2)CN=C3)cc1. The second-order valence-corrected chi connectivity index (χ2v) is 8.65. The molecule has 5 nitrogen and oxygen atoms in total. The Hall–Kier alpha value is -3.57. The highest BCUT2D eigenvalue weighted by atomic mass is 16.5. The molecule has 2 aliphatic heterocycles. The van der Waals surface area contributed by atoms with E-state index >= 15 is 0 Å². The molecule has 0 atom stereocenters. The number of hydrogen-bond donors (Lipinski definition) is 1. The molecule has 0 saturated carbocycles. The van der Waals surface area contributed by atoms with E-state index in [-0.39, 0.29) is 0 Å². The van der Waals surface area contributed by atoms with Gasteiger partial charge in [0.1, 0.15) is 5.75 Å². The number of likely N-dealkylation sites (N-methyl/N-ethyl adjacent to an activating group) is 1. The minimum Gasteiger partial charge on any atom is -0.497 e. The van der Waals surface area contributed by atoms with Gasteiger partial charge in [0.05, 0.1) is 13.7 Å². The van der Waals surface area contributed by atoms with Crippen molar-refractivity contribution in [3.8, 4) is 16.9 Å². The molecule has 5 heteroatoms. The van der Waals surface area contributed by atoms with Gasteiger partial charge < -0.3 is 19.9 Å². The van der Waals surface area contributed by atoms with E-state index in [1.54, 1.807) is 7.11 Å². The maximum atomic E-state index is 5.29. The fraction of sp³-hybridized carbons (Fsp3) is 0.250. The molecule has 0 radical (unpaired) electrons. The maximum absolute atomic E-state index is 5.29. The van der Waals surface area contributed by atoms with Crippen LogP contribution in [0.1, 0.15) is 11.1 Å². The molecule has 0 spiro atoms. The molecule has 0 bridgehead atoms. The van der Waals surface area contributed by atoms with Gasteiger partial charge >= 0.3 is 0 Å². The van der Waals surface area contributed by atoms with Crippen molar-refractivity contribution in [2.24, 2.45) is 4.99 Å². The van der Waals surface area contributed by atoms with Gasteiger partial charge in [-0.1, -0.05) is 24.3 Å². The van der Waals surface area contributed by atoms with E-state index in [0.717, 1.165) is 43.2 Å². The number of nitrogens with one attached hydrogen (secondary N) is 1. The Bertz CT molecular complexity index is 1160. The highest BCUT2D eigenvalue weighted by Gasteiger charge is 2.15. The summed E-state index contributed by atoms with van der Waals surface area (Å²) in [5.74, 6) is 0.868. The fourth-order valence-electron chi connectivity index (χ4n) is 4.36. The summed E-state index contributed by atoms with van der Waals surface area (Å²) in [6.45, 7) is 5.07. The van der Waals surface area contributed by atoms with Crippen LogP contribution in [0.3, 0.4) is 0 Å². The largest absolute Gasteiger partial charge is 0.497 e. The molecule has 33 heavy (non-hydrogen) atoms. The lowest BCUT2D eigenvalue weighted by molar-refractivity contribution is 0.313. The molecule has 2 heterocycles. The number of piperazine rings is 1. The van der Waals surface area contributed by atoms with Crippen molar-refractivity contribution in [2.75, 3.05) is 57.1 Å². The monoisotopic (exact) mass is 438 g/mol. The summed E-state index contributed by atoms with van der Waals surface area (Å²) in [5, 5.41) is 3.49. The van der Waals surface area contributed by atoms with E-state index in [4.69, 9.17) is 4.74 Å². The average molecular weight is 439 g/mol. The lowest BCUT2D eigenvalue weighted by Crippen LogP contribution is -2.44. The molecule has 1 saturated heterocycles. The number of ether oxygens (including phenoxy) is 1. The normalized spacial score (nSPS) is 17.2. The summed E-state index contributed by atoms with van der Waals surface area (Å²) < 4.78 is 5.29. The van der Waals surface area contributed by atoms with Crippen LogP contribution in [0.4, 0.5) is 11.4 Å². The molecule has 0 unspecified atom stereocenters. The summed E-state index contributed by atoms with van der Waals surface area (Å²) in [6, 6.07) is 23.5. The zero-order valence-electron chi connectivity index (χ0n) is 19.3. The van der Waals surface area contributed by atoms with Crippen LogP contribution in [0.5, 0.6) is 5.75 Å². The highest BCUT2D eigenvalue weighted by Crippen LogP contribution is 2.30. The molecule has 5 rings (SSSR count). The predicted molar refractivity (Wildman–Crippen MR) is 139 cm³/mol. The van der Waals surface area contributed by atoms with Gasteiger partial charge in [-0.05, 0) is 77.3 Å². The molecule has 3 aromatic carbocycles. The number of methoxy groups -OCH3 is 1. The van der Waals surface area contributed by atoms with E-state index in [2.05, 4.69) is 88.0 Å². The topological polar surface area (TPSA) is 40.1 Å². The summed E-state index contributed by atoms with van der Waals surface area (Å²) in [5.41, 5.74) is 8.30. The standard InChI is InChI=1S/C28H30N4O/c1-31-13-15-32(16-14-31)26-9-7-25(8-10-26)30-20-24-19-29-18-23-4-3-22(17-28(23)24)21-5-11-27(33-2)12-6-21/h3-12,17-18,20,30H,13-16,19H2,1-2H3/b24-20+. The Labute approximate surface area is 196 Å². The van der Waals surface area contributed by atoms with Crippen LogP contribution in [0.25, 0.3) is 16.7 Å². The van der Waals surface area contributed by atoms with Gasteiger partial charge in [-0.15, -0.1) is 0 Å². The first-order valence-electron chi connectivity index (χ1n) is 11.5. The van der Waals surface area contributed by atoms with Crippen LogP contribution < -0.4 is 15.0 Å². The van der Waals surface area contributed by atoms with Crippen LogP contribution in [0.15, 0.2) is 77.9 Å². The van der Waals surface area contributed by atoms with Gasteiger partial charge in [0, 0.05) is 50.0 Å². The van der Waals surface area contributed by atoms with Crippen LogP contribution >= 0.6 is 0 Å². The van der Waals surface area contributed by atoms with E-state index in [9.17, 15) is 0 Å². The highest BCUT2D eigenvalue weighted by molar-refractivity contribution is 5.94. The van der Waals surface area contributed by atoms with Gasteiger partial charge in [0.2, 0.25) is 0 Å². The van der Waals surface area contributed by atoms with Crippen molar-refractivity contribution in [1.29, 1.82) is 0 Å². The molecule has 3 aromatic rings. The Kier molecular flexibility index (Phi) is 6.13. The Morgan fingerprint density at radius 2 is 1.61 bits per heavy atom. The van der Waals surface area contributed by atoms with Crippen LogP contribution in [-0.2, 0) is 0 Å². The fourth-order valence-corrected chi connectivity index (χ4v) is 4.36. The third-order valence-corrected chi connectivity index (χ3v) is 6.46. The molecule has 2 aliphatic rings. The first kappa shape index (κ1) is 21.3. The number of anilines is 2. The molecule has 168 valence electrons. The molecule has 1 fully saturated rings. The van der Waals surface area contributed by atoms with E-state index in [1.807, 2.05) is 18.3 Å². The zero-order chi connectivity index (χ0) is 22.6. The number of fused-ring (bicyclic) bond motifs is 1. The third-order valence-electron chi connectivity index (χ3n) is 6.46. The van der Waals surface area contributed by atoms with Gasteiger partial charge in [-0.2, -0.15) is 0 Å². The Balaban J connectivity index is 1.33. The first-order valence-corrected chi connectivity index (χ1v) is 11.5. The lowest BCUT2D eigenvalue weighted by Gasteiger charge is -2.34. The molecule has 0 aliphatic carbocycles. The number of nitrogens with zero attached hydrogens (tertiary/aromatic N) is 3. The van der Waals surface area contributed by atoms with Crippen LogP contribution in [0.2, 0.25) is 0 Å². The van der Waals surface area contributed by atoms with Crippen LogP contribution in [0, 0.1) is 0 Å². The van der Waals surface area contributed by atoms with E-state index in [1.165, 1.54) is 28.0 Å². The van der Waals surface area contributed by atoms with Crippen molar-refractivity contribution in [3.63, 3.8) is 0 Å². The van der Waals surface area contributed by atoms with Crippen molar-refractivity contribution >= 4 is 23.2 Å². The summed E-state index contributed by atoms with van der Waals surface area (Å²) in [6.07, 6.45) is 4.06. The minimum atomic E-state index is 0.672. The Morgan fingerprint density at radius 3 is 2.33 bits per heavy atom. The molecule has 1 N–H and O–H groups in total. The molecule has 0 amide bonds. The van der Waals surface area contributed by atoms with Gasteiger partial charge in [-0.3, -0.25) is 4.99 Å². The van der Waals surface area contributed by atoms with E-state index < -0.39 is 0 Å². The number of rotatable bonds is 5.